The lowest BCUT2D eigenvalue weighted by Crippen LogP contribution is -2.50. The van der Waals surface area contributed by atoms with Crippen molar-refractivity contribution in [2.75, 3.05) is 38.6 Å². The summed E-state index contributed by atoms with van der Waals surface area (Å²) in [6.45, 7) is 6.02. The molecule has 2 aliphatic rings. The molecule has 0 bridgehead atoms. The monoisotopic (exact) mass is 372 g/mol. The van der Waals surface area contributed by atoms with Gasteiger partial charge in [0.15, 0.2) is 5.96 Å². The molecule has 1 aliphatic heterocycles. The Labute approximate surface area is 164 Å². The van der Waals surface area contributed by atoms with Crippen molar-refractivity contribution < 1.29 is 0 Å². The zero-order valence-corrected chi connectivity index (χ0v) is 17.2. The second-order valence-electron chi connectivity index (χ2n) is 7.97. The molecule has 6 heteroatoms. The maximum Gasteiger partial charge on any atom is 0.191 e. The molecule has 2 heterocycles. The Kier molecular flexibility index (Phi) is 7.33. The van der Waals surface area contributed by atoms with Crippen molar-refractivity contribution >= 4 is 11.8 Å². The third-order valence-corrected chi connectivity index (χ3v) is 5.71. The molecule has 0 aromatic carbocycles. The summed E-state index contributed by atoms with van der Waals surface area (Å²) < 4.78 is 0. The Morgan fingerprint density at radius 2 is 1.93 bits per heavy atom. The summed E-state index contributed by atoms with van der Waals surface area (Å²) in [5, 5.41) is 7.04. The highest BCUT2D eigenvalue weighted by molar-refractivity contribution is 5.80. The average Bonchev–Trinajstić information content (AvgIpc) is 3.22. The van der Waals surface area contributed by atoms with Gasteiger partial charge in [-0.1, -0.05) is 18.9 Å². The SMILES string of the molecule is CCNC(=NCc1cccc(N(C)C)n1)NC1CCN(C2CCCC2)CC1. The van der Waals surface area contributed by atoms with Gasteiger partial charge in [0.1, 0.15) is 5.82 Å². The number of likely N-dealkylation sites (tertiary alicyclic amines) is 1. The molecule has 0 radical (unpaired) electrons. The Morgan fingerprint density at radius 1 is 1.19 bits per heavy atom. The van der Waals surface area contributed by atoms with E-state index in [4.69, 9.17) is 4.99 Å². The minimum atomic E-state index is 0.515. The highest BCUT2D eigenvalue weighted by Crippen LogP contribution is 2.26. The van der Waals surface area contributed by atoms with Gasteiger partial charge in [-0.3, -0.25) is 0 Å². The third kappa shape index (κ3) is 5.83. The molecule has 1 saturated carbocycles. The summed E-state index contributed by atoms with van der Waals surface area (Å²) in [7, 11) is 4.03. The zero-order chi connectivity index (χ0) is 19.1. The molecular weight excluding hydrogens is 336 g/mol. The van der Waals surface area contributed by atoms with E-state index in [9.17, 15) is 0 Å². The molecule has 6 nitrogen and oxygen atoms in total. The van der Waals surface area contributed by atoms with Crippen LogP contribution in [-0.4, -0.2) is 61.7 Å². The van der Waals surface area contributed by atoms with E-state index in [1.165, 1.54) is 51.6 Å². The van der Waals surface area contributed by atoms with Crippen LogP contribution in [0.3, 0.4) is 0 Å². The first-order valence-electron chi connectivity index (χ1n) is 10.6. The predicted octanol–water partition coefficient (Wildman–Crippen LogP) is 2.61. The van der Waals surface area contributed by atoms with Gasteiger partial charge in [-0.25, -0.2) is 9.98 Å². The summed E-state index contributed by atoms with van der Waals surface area (Å²) in [5.74, 6) is 1.88. The van der Waals surface area contributed by atoms with E-state index >= 15 is 0 Å². The van der Waals surface area contributed by atoms with Gasteiger partial charge in [0.05, 0.1) is 12.2 Å². The fourth-order valence-electron chi connectivity index (χ4n) is 4.16. The first-order valence-corrected chi connectivity index (χ1v) is 10.6. The van der Waals surface area contributed by atoms with Gasteiger partial charge in [-0.2, -0.15) is 0 Å². The van der Waals surface area contributed by atoms with Crippen LogP contribution in [0, 0.1) is 0 Å². The van der Waals surface area contributed by atoms with Gasteiger partial charge < -0.3 is 20.4 Å². The van der Waals surface area contributed by atoms with E-state index in [0.717, 1.165) is 30.1 Å². The van der Waals surface area contributed by atoms with Crippen LogP contribution >= 0.6 is 0 Å². The number of rotatable bonds is 6. The number of hydrogen-bond acceptors (Lipinski definition) is 4. The number of nitrogens with one attached hydrogen (secondary N) is 2. The second kappa shape index (κ2) is 9.93. The number of piperidine rings is 1. The van der Waals surface area contributed by atoms with Gasteiger partial charge >= 0.3 is 0 Å². The van der Waals surface area contributed by atoms with E-state index in [0.29, 0.717) is 12.6 Å². The number of aliphatic imine (C=N–C) groups is 1. The standard InChI is InChI=1S/C21H36N6/c1-4-22-21(23-16-18-8-7-11-20(24-18)26(2)3)25-17-12-14-27(15-13-17)19-9-5-6-10-19/h7-8,11,17,19H,4-6,9-10,12-16H2,1-3H3,(H2,22,23,25). The van der Waals surface area contributed by atoms with Gasteiger partial charge in [0.2, 0.25) is 0 Å². The lowest BCUT2D eigenvalue weighted by atomic mass is 10.0. The first-order chi connectivity index (χ1) is 13.2. The van der Waals surface area contributed by atoms with E-state index in [-0.39, 0.29) is 0 Å². The Morgan fingerprint density at radius 3 is 2.59 bits per heavy atom. The van der Waals surface area contributed by atoms with Crippen molar-refractivity contribution in [1.82, 2.24) is 20.5 Å². The molecule has 0 atom stereocenters. The van der Waals surface area contributed by atoms with E-state index in [2.05, 4.69) is 27.4 Å². The molecule has 2 N–H and O–H groups in total. The summed E-state index contributed by atoms with van der Waals surface area (Å²) in [6.07, 6.45) is 8.05. The van der Waals surface area contributed by atoms with Crippen LogP contribution in [-0.2, 0) is 6.54 Å². The largest absolute Gasteiger partial charge is 0.363 e. The quantitative estimate of drug-likeness (QED) is 0.594. The molecule has 2 fully saturated rings. The molecule has 150 valence electrons. The number of guanidine groups is 1. The average molecular weight is 373 g/mol. The number of nitrogens with zero attached hydrogens (tertiary/aromatic N) is 4. The molecule has 1 aromatic heterocycles. The lowest BCUT2D eigenvalue weighted by molar-refractivity contribution is 0.150. The van der Waals surface area contributed by atoms with E-state index in [1.807, 2.05) is 37.2 Å². The molecule has 27 heavy (non-hydrogen) atoms. The number of pyridine rings is 1. The predicted molar refractivity (Wildman–Crippen MR) is 113 cm³/mol. The maximum atomic E-state index is 4.77. The molecule has 0 spiro atoms. The molecular formula is C21H36N6. The highest BCUT2D eigenvalue weighted by atomic mass is 15.2. The van der Waals surface area contributed by atoms with Crippen LogP contribution in [0.5, 0.6) is 0 Å². The molecule has 1 saturated heterocycles. The topological polar surface area (TPSA) is 55.8 Å². The van der Waals surface area contributed by atoms with Crippen LogP contribution in [0.25, 0.3) is 0 Å². The Balaban J connectivity index is 1.52. The minimum absolute atomic E-state index is 0.515. The van der Waals surface area contributed by atoms with Crippen molar-refractivity contribution in [2.24, 2.45) is 4.99 Å². The van der Waals surface area contributed by atoms with Crippen LogP contribution < -0.4 is 15.5 Å². The lowest BCUT2D eigenvalue weighted by Gasteiger charge is -2.36. The highest BCUT2D eigenvalue weighted by Gasteiger charge is 2.27. The van der Waals surface area contributed by atoms with Crippen molar-refractivity contribution in [3.05, 3.63) is 23.9 Å². The molecule has 3 rings (SSSR count). The molecule has 0 unspecified atom stereocenters. The summed E-state index contributed by atoms with van der Waals surface area (Å²) >= 11 is 0. The summed E-state index contributed by atoms with van der Waals surface area (Å²) in [5.41, 5.74) is 0.995. The van der Waals surface area contributed by atoms with Gasteiger partial charge in [-0.05, 0) is 44.7 Å². The molecule has 1 aliphatic carbocycles. The third-order valence-electron chi connectivity index (χ3n) is 5.71. The number of anilines is 1. The Bertz CT molecular complexity index is 600. The minimum Gasteiger partial charge on any atom is -0.363 e. The normalized spacial score (nSPS) is 20.0. The van der Waals surface area contributed by atoms with Crippen LogP contribution in [0.4, 0.5) is 5.82 Å². The summed E-state index contributed by atoms with van der Waals surface area (Å²) in [6, 6.07) is 7.48. The van der Waals surface area contributed by atoms with E-state index < -0.39 is 0 Å². The van der Waals surface area contributed by atoms with Crippen LogP contribution in [0.15, 0.2) is 23.2 Å². The first kappa shape index (κ1) is 19.9. The maximum absolute atomic E-state index is 4.77. The van der Waals surface area contributed by atoms with Gasteiger partial charge in [0, 0.05) is 45.8 Å². The van der Waals surface area contributed by atoms with Crippen LogP contribution in [0.2, 0.25) is 0 Å². The fourth-order valence-corrected chi connectivity index (χ4v) is 4.16. The second-order valence-corrected chi connectivity index (χ2v) is 7.97. The number of aromatic nitrogens is 1. The number of hydrogen-bond donors (Lipinski definition) is 2. The summed E-state index contributed by atoms with van der Waals surface area (Å²) in [4.78, 5) is 14.2. The molecule has 1 aromatic rings. The van der Waals surface area contributed by atoms with Gasteiger partial charge in [-0.15, -0.1) is 0 Å². The van der Waals surface area contributed by atoms with Crippen molar-refractivity contribution in [3.8, 4) is 0 Å². The smallest absolute Gasteiger partial charge is 0.191 e. The van der Waals surface area contributed by atoms with Gasteiger partial charge in [0.25, 0.3) is 0 Å². The molecule has 0 amide bonds. The van der Waals surface area contributed by atoms with E-state index in [1.54, 1.807) is 0 Å². The fraction of sp³-hybridized carbons (Fsp3) is 0.714. The van der Waals surface area contributed by atoms with Crippen molar-refractivity contribution in [2.45, 2.75) is 64.1 Å². The van der Waals surface area contributed by atoms with Crippen LogP contribution in [0.1, 0.15) is 51.1 Å². The zero-order valence-electron chi connectivity index (χ0n) is 17.2. The van der Waals surface area contributed by atoms with Crippen molar-refractivity contribution in [1.29, 1.82) is 0 Å². The van der Waals surface area contributed by atoms with Crippen molar-refractivity contribution in [3.63, 3.8) is 0 Å². The Hall–Kier alpha value is -1.82.